The Morgan fingerprint density at radius 2 is 1.83 bits per heavy atom. The van der Waals surface area contributed by atoms with Gasteiger partial charge in [0, 0.05) is 37.2 Å². The second-order valence-corrected chi connectivity index (χ2v) is 6.98. The monoisotopic (exact) mass is 315 g/mol. The number of fused-ring (bicyclic) bond motifs is 1. The molecule has 23 heavy (non-hydrogen) atoms. The molecular weight excluding hydrogens is 290 g/mol. The Morgan fingerprint density at radius 1 is 1.04 bits per heavy atom. The lowest BCUT2D eigenvalue weighted by Gasteiger charge is -2.23. The third-order valence-corrected chi connectivity index (χ3v) is 5.17. The largest absolute Gasteiger partial charge is 0.367 e. The van der Waals surface area contributed by atoms with E-state index in [1.54, 1.807) is 6.33 Å². The highest BCUT2D eigenvalue weighted by atomic mass is 16.2. The van der Waals surface area contributed by atoms with Crippen molar-refractivity contribution in [3.05, 3.63) is 17.6 Å². The fourth-order valence-corrected chi connectivity index (χ4v) is 3.61. The van der Waals surface area contributed by atoms with E-state index in [1.807, 2.05) is 4.90 Å². The average Bonchev–Trinajstić information content (AvgIpc) is 3.27. The minimum atomic E-state index is 0.0920. The summed E-state index contributed by atoms with van der Waals surface area (Å²) < 4.78 is 0. The number of anilines is 1. The molecule has 4 rings (SSSR count). The molecule has 2 aliphatic carbocycles. The fraction of sp³-hybridized carbons (Fsp3) is 0.706. The van der Waals surface area contributed by atoms with Crippen molar-refractivity contribution in [2.45, 2.75) is 63.5 Å². The number of urea groups is 1. The molecule has 1 aromatic rings. The van der Waals surface area contributed by atoms with Crippen LogP contribution in [0.3, 0.4) is 0 Å². The molecule has 2 N–H and O–H groups in total. The Bertz CT molecular complexity index is 580. The van der Waals surface area contributed by atoms with Gasteiger partial charge >= 0.3 is 6.03 Å². The van der Waals surface area contributed by atoms with E-state index in [1.165, 1.54) is 31.2 Å². The number of aromatic nitrogens is 2. The maximum absolute atomic E-state index is 12.5. The number of nitrogens with zero attached hydrogens (tertiary/aromatic N) is 3. The third-order valence-electron chi connectivity index (χ3n) is 5.17. The molecule has 1 aliphatic heterocycles. The summed E-state index contributed by atoms with van der Waals surface area (Å²) in [5.41, 5.74) is 2.30. The van der Waals surface area contributed by atoms with Crippen LogP contribution in [0.15, 0.2) is 6.33 Å². The van der Waals surface area contributed by atoms with Gasteiger partial charge in [0.1, 0.15) is 12.1 Å². The zero-order chi connectivity index (χ0) is 15.6. The highest BCUT2D eigenvalue weighted by Gasteiger charge is 2.27. The molecule has 3 aliphatic rings. The molecule has 6 heteroatoms. The van der Waals surface area contributed by atoms with Gasteiger partial charge in [0.2, 0.25) is 0 Å². The fourth-order valence-electron chi connectivity index (χ4n) is 3.61. The van der Waals surface area contributed by atoms with E-state index < -0.39 is 0 Å². The number of amides is 2. The molecule has 0 spiro atoms. The van der Waals surface area contributed by atoms with Gasteiger partial charge in [-0.2, -0.15) is 0 Å². The Labute approximate surface area is 137 Å². The van der Waals surface area contributed by atoms with E-state index in [0.717, 1.165) is 50.3 Å². The quantitative estimate of drug-likeness (QED) is 0.896. The summed E-state index contributed by atoms with van der Waals surface area (Å²) in [6.45, 7) is 1.49. The highest BCUT2D eigenvalue weighted by Crippen LogP contribution is 2.27. The van der Waals surface area contributed by atoms with Gasteiger partial charge in [-0.1, -0.05) is 12.8 Å². The van der Waals surface area contributed by atoms with E-state index >= 15 is 0 Å². The van der Waals surface area contributed by atoms with E-state index in [9.17, 15) is 4.79 Å². The maximum atomic E-state index is 12.5. The normalized spacial score (nSPS) is 21.7. The lowest BCUT2D eigenvalue weighted by molar-refractivity contribution is 0.196. The molecule has 2 heterocycles. The first-order valence-corrected chi connectivity index (χ1v) is 8.94. The van der Waals surface area contributed by atoms with E-state index in [2.05, 4.69) is 20.6 Å². The van der Waals surface area contributed by atoms with E-state index in [-0.39, 0.29) is 6.03 Å². The van der Waals surface area contributed by atoms with Gasteiger partial charge in [-0.25, -0.2) is 14.8 Å². The molecule has 0 bridgehead atoms. The number of nitrogens with one attached hydrogen (secondary N) is 2. The maximum Gasteiger partial charge on any atom is 0.317 e. The zero-order valence-corrected chi connectivity index (χ0v) is 13.6. The molecule has 1 aromatic heterocycles. The van der Waals surface area contributed by atoms with Gasteiger partial charge < -0.3 is 15.5 Å². The second-order valence-electron chi connectivity index (χ2n) is 6.98. The molecule has 2 saturated carbocycles. The number of hydrogen-bond acceptors (Lipinski definition) is 4. The first-order chi connectivity index (χ1) is 11.3. The Hall–Kier alpha value is -1.85. The lowest BCUT2D eigenvalue weighted by Crippen LogP contribution is -2.45. The molecule has 6 nitrogen and oxygen atoms in total. The van der Waals surface area contributed by atoms with Crippen molar-refractivity contribution in [2.75, 3.05) is 18.4 Å². The van der Waals surface area contributed by atoms with Crippen molar-refractivity contribution >= 4 is 11.8 Å². The average molecular weight is 315 g/mol. The Balaban J connectivity index is 1.42. The van der Waals surface area contributed by atoms with Crippen molar-refractivity contribution < 1.29 is 4.79 Å². The van der Waals surface area contributed by atoms with Crippen molar-refractivity contribution in [3.8, 4) is 0 Å². The summed E-state index contributed by atoms with van der Waals surface area (Å²) >= 11 is 0. The van der Waals surface area contributed by atoms with Crippen LogP contribution in [-0.2, 0) is 12.8 Å². The van der Waals surface area contributed by atoms with Gasteiger partial charge in [-0.05, 0) is 32.1 Å². The van der Waals surface area contributed by atoms with E-state index in [0.29, 0.717) is 12.1 Å². The van der Waals surface area contributed by atoms with Crippen LogP contribution in [0.2, 0.25) is 0 Å². The van der Waals surface area contributed by atoms with Gasteiger partial charge in [0.05, 0.1) is 5.69 Å². The minimum absolute atomic E-state index is 0.0920. The summed E-state index contributed by atoms with van der Waals surface area (Å²) in [4.78, 5) is 23.3. The van der Waals surface area contributed by atoms with Crippen molar-refractivity contribution in [1.82, 2.24) is 20.2 Å². The van der Waals surface area contributed by atoms with Gasteiger partial charge in [-0.15, -0.1) is 0 Å². The highest BCUT2D eigenvalue weighted by molar-refractivity contribution is 5.74. The predicted octanol–water partition coefficient (Wildman–Crippen LogP) is 2.10. The molecule has 0 unspecified atom stereocenters. The standard InChI is InChI=1S/C17H25N5O/c23-17(21-12-3-1-2-4-12)22-9-7-14-15(8-10-22)18-11-19-16(14)20-13-5-6-13/h11-13H,1-10H2,(H,21,23)(H,18,19,20). The summed E-state index contributed by atoms with van der Waals surface area (Å²) in [6.07, 6.45) is 10.5. The molecule has 2 fully saturated rings. The van der Waals surface area contributed by atoms with Crippen molar-refractivity contribution in [1.29, 1.82) is 0 Å². The summed E-state index contributed by atoms with van der Waals surface area (Å²) in [5, 5.41) is 6.70. The topological polar surface area (TPSA) is 70.2 Å². The molecule has 0 saturated heterocycles. The Morgan fingerprint density at radius 3 is 2.61 bits per heavy atom. The smallest absolute Gasteiger partial charge is 0.317 e. The van der Waals surface area contributed by atoms with Crippen LogP contribution in [0.25, 0.3) is 0 Å². The van der Waals surface area contributed by atoms with Gasteiger partial charge in [-0.3, -0.25) is 0 Å². The van der Waals surface area contributed by atoms with Crippen LogP contribution < -0.4 is 10.6 Å². The molecular formula is C17H25N5O. The second kappa shape index (κ2) is 6.34. The lowest BCUT2D eigenvalue weighted by atomic mass is 10.1. The molecule has 124 valence electrons. The minimum Gasteiger partial charge on any atom is -0.367 e. The number of rotatable bonds is 3. The van der Waals surface area contributed by atoms with Gasteiger partial charge in [0.25, 0.3) is 0 Å². The zero-order valence-electron chi connectivity index (χ0n) is 13.6. The van der Waals surface area contributed by atoms with Crippen molar-refractivity contribution in [2.24, 2.45) is 0 Å². The van der Waals surface area contributed by atoms with Crippen molar-refractivity contribution in [3.63, 3.8) is 0 Å². The van der Waals surface area contributed by atoms with Crippen LogP contribution in [0.4, 0.5) is 10.6 Å². The first kappa shape index (κ1) is 14.7. The van der Waals surface area contributed by atoms with Gasteiger partial charge in [0.15, 0.2) is 0 Å². The van der Waals surface area contributed by atoms with Crippen LogP contribution in [-0.4, -0.2) is 46.1 Å². The van der Waals surface area contributed by atoms with Crippen LogP contribution >= 0.6 is 0 Å². The molecule has 0 aromatic carbocycles. The first-order valence-electron chi connectivity index (χ1n) is 8.94. The molecule has 2 amide bonds. The summed E-state index contributed by atoms with van der Waals surface area (Å²) in [5.74, 6) is 0.982. The third kappa shape index (κ3) is 3.41. The molecule has 0 radical (unpaired) electrons. The number of carbonyl (C=O) groups excluding carboxylic acids is 1. The van der Waals surface area contributed by atoms with E-state index in [4.69, 9.17) is 0 Å². The van der Waals surface area contributed by atoms with Crippen LogP contribution in [0, 0.1) is 0 Å². The number of carbonyl (C=O) groups is 1. The molecule has 0 atom stereocenters. The van der Waals surface area contributed by atoms with Crippen LogP contribution in [0.1, 0.15) is 49.8 Å². The van der Waals surface area contributed by atoms with Crippen LogP contribution in [0.5, 0.6) is 0 Å². The SMILES string of the molecule is O=C(NC1CCCC1)N1CCc2ncnc(NC3CC3)c2CC1. The number of hydrogen-bond donors (Lipinski definition) is 2. The predicted molar refractivity (Wildman–Crippen MR) is 88.4 cm³/mol. The summed E-state index contributed by atoms with van der Waals surface area (Å²) in [7, 11) is 0. The summed E-state index contributed by atoms with van der Waals surface area (Å²) in [6, 6.07) is 1.05. The Kier molecular flexibility index (Phi) is 4.06.